The fraction of sp³-hybridized carbons (Fsp3) is 0.412. The summed E-state index contributed by atoms with van der Waals surface area (Å²) in [6.45, 7) is 4.00. The van der Waals surface area contributed by atoms with Crippen molar-refractivity contribution in [1.82, 2.24) is 9.69 Å². The third-order valence-corrected chi connectivity index (χ3v) is 4.87. The topological polar surface area (TPSA) is 63.2 Å². The minimum atomic E-state index is -0.109. The number of aryl methyl sites for hydroxylation is 1. The Kier molecular flexibility index (Phi) is 8.65. The van der Waals surface area contributed by atoms with Gasteiger partial charge in [-0.25, -0.2) is 0 Å². The number of anilines is 1. The number of hydrogen-bond donors (Lipinski definition) is 2. The summed E-state index contributed by atoms with van der Waals surface area (Å²) in [6, 6.07) is 7.50. The Morgan fingerprint density at radius 2 is 2.20 bits per heavy atom. The molecule has 1 aromatic carbocycles. The van der Waals surface area contributed by atoms with E-state index in [2.05, 4.69) is 15.0 Å². The Labute approximate surface area is 164 Å². The van der Waals surface area contributed by atoms with Crippen molar-refractivity contribution in [2.24, 2.45) is 5.92 Å². The molecule has 0 aliphatic carbocycles. The number of ether oxygens (including phenoxy) is 1. The van der Waals surface area contributed by atoms with Crippen LogP contribution in [-0.4, -0.2) is 30.5 Å². The van der Waals surface area contributed by atoms with Crippen LogP contribution >= 0.6 is 36.3 Å². The first kappa shape index (κ1) is 21.7. The normalized spacial score (nSPS) is 15.8. The zero-order valence-corrected chi connectivity index (χ0v) is 16.7. The largest absolute Gasteiger partial charge is 0.496 e. The number of amides is 1. The van der Waals surface area contributed by atoms with E-state index in [-0.39, 0.29) is 30.7 Å². The molecular weight excluding hydrogens is 381 g/mol. The molecule has 2 heterocycles. The number of nitrogens with zero attached hydrogens (tertiary/aromatic N) is 1. The first-order chi connectivity index (χ1) is 11.2. The van der Waals surface area contributed by atoms with Gasteiger partial charge in [-0.05, 0) is 80.1 Å². The highest BCUT2D eigenvalue weighted by Gasteiger charge is 2.18. The Morgan fingerprint density at radius 3 is 2.80 bits per heavy atom. The van der Waals surface area contributed by atoms with Crippen molar-refractivity contribution in [3.8, 4) is 5.75 Å². The quantitative estimate of drug-likeness (QED) is 0.798. The van der Waals surface area contributed by atoms with Crippen LogP contribution in [0.25, 0.3) is 0 Å². The molecule has 2 aromatic rings. The lowest BCUT2D eigenvalue weighted by Crippen LogP contribution is -2.14. The number of carbonyl (C=O) groups excluding carboxylic acids is 1. The van der Waals surface area contributed by atoms with Gasteiger partial charge in [0.2, 0.25) is 0 Å². The molecule has 1 amide bonds. The van der Waals surface area contributed by atoms with E-state index in [1.54, 1.807) is 13.2 Å². The van der Waals surface area contributed by atoms with Crippen LogP contribution in [0.4, 0.5) is 5.00 Å². The molecule has 5 nitrogen and oxygen atoms in total. The van der Waals surface area contributed by atoms with E-state index in [1.165, 1.54) is 18.0 Å². The SMILES string of the molecule is COc1ccc(C(=O)Nc2cc(C)ns2)cc1CC1CCNC1.Cl.Cl. The minimum Gasteiger partial charge on any atom is -0.496 e. The van der Waals surface area contributed by atoms with Crippen LogP contribution in [0.3, 0.4) is 0 Å². The number of halogens is 2. The van der Waals surface area contributed by atoms with Gasteiger partial charge in [-0.3, -0.25) is 4.79 Å². The fourth-order valence-corrected chi connectivity index (χ4v) is 3.54. The molecule has 0 spiro atoms. The molecule has 8 heteroatoms. The van der Waals surface area contributed by atoms with Crippen molar-refractivity contribution in [3.63, 3.8) is 0 Å². The lowest BCUT2D eigenvalue weighted by atomic mass is 9.96. The molecule has 1 aliphatic rings. The predicted molar refractivity (Wildman–Crippen MR) is 107 cm³/mol. The first-order valence-electron chi connectivity index (χ1n) is 7.78. The van der Waals surface area contributed by atoms with Crippen LogP contribution in [0.5, 0.6) is 5.75 Å². The molecule has 2 N–H and O–H groups in total. The third kappa shape index (κ3) is 5.57. The van der Waals surface area contributed by atoms with Crippen molar-refractivity contribution >= 4 is 47.3 Å². The van der Waals surface area contributed by atoms with Crippen molar-refractivity contribution in [2.75, 3.05) is 25.5 Å². The zero-order chi connectivity index (χ0) is 16.2. The van der Waals surface area contributed by atoms with E-state index in [0.29, 0.717) is 11.5 Å². The smallest absolute Gasteiger partial charge is 0.256 e. The lowest BCUT2D eigenvalue weighted by molar-refractivity contribution is 0.102. The van der Waals surface area contributed by atoms with Crippen LogP contribution in [0, 0.1) is 12.8 Å². The number of benzene rings is 1. The van der Waals surface area contributed by atoms with E-state index in [4.69, 9.17) is 4.74 Å². The molecule has 3 rings (SSSR count). The molecule has 0 saturated carbocycles. The molecule has 1 aromatic heterocycles. The Morgan fingerprint density at radius 1 is 1.40 bits per heavy atom. The second-order valence-corrected chi connectivity index (χ2v) is 6.68. The maximum absolute atomic E-state index is 12.4. The number of nitrogens with one attached hydrogen (secondary N) is 2. The summed E-state index contributed by atoms with van der Waals surface area (Å²) >= 11 is 1.30. The molecule has 0 bridgehead atoms. The van der Waals surface area contributed by atoms with Crippen molar-refractivity contribution in [1.29, 1.82) is 0 Å². The van der Waals surface area contributed by atoms with Gasteiger partial charge < -0.3 is 15.4 Å². The van der Waals surface area contributed by atoms with E-state index in [9.17, 15) is 4.79 Å². The second kappa shape index (κ2) is 9.97. The molecule has 25 heavy (non-hydrogen) atoms. The molecule has 1 aliphatic heterocycles. The fourth-order valence-electron chi connectivity index (χ4n) is 2.89. The Hall–Kier alpha value is -1.34. The third-order valence-electron chi connectivity index (χ3n) is 4.08. The Bertz CT molecular complexity index is 703. The number of aromatic nitrogens is 1. The maximum Gasteiger partial charge on any atom is 0.256 e. The van der Waals surface area contributed by atoms with E-state index < -0.39 is 0 Å². The van der Waals surface area contributed by atoms with Crippen LogP contribution in [0.1, 0.15) is 28.0 Å². The van der Waals surface area contributed by atoms with Crippen molar-refractivity contribution in [2.45, 2.75) is 19.8 Å². The average molecular weight is 404 g/mol. The van der Waals surface area contributed by atoms with Gasteiger partial charge in [0.15, 0.2) is 0 Å². The number of carbonyl (C=O) groups is 1. The van der Waals surface area contributed by atoms with Gasteiger partial charge in [0.05, 0.1) is 12.8 Å². The molecular formula is C17H23Cl2N3O2S. The number of rotatable bonds is 5. The van der Waals surface area contributed by atoms with Gasteiger partial charge in [-0.15, -0.1) is 24.8 Å². The summed E-state index contributed by atoms with van der Waals surface area (Å²) < 4.78 is 9.63. The van der Waals surface area contributed by atoms with Crippen molar-refractivity contribution < 1.29 is 9.53 Å². The van der Waals surface area contributed by atoms with Crippen LogP contribution in [0.2, 0.25) is 0 Å². The highest BCUT2D eigenvalue weighted by molar-refractivity contribution is 7.10. The van der Waals surface area contributed by atoms with Gasteiger partial charge in [0.1, 0.15) is 10.8 Å². The predicted octanol–water partition coefficient (Wildman–Crippen LogP) is 3.71. The summed E-state index contributed by atoms with van der Waals surface area (Å²) in [5.41, 5.74) is 2.65. The molecule has 138 valence electrons. The lowest BCUT2D eigenvalue weighted by Gasteiger charge is -2.14. The number of hydrogen-bond acceptors (Lipinski definition) is 5. The standard InChI is InChI=1S/C17H21N3O2S.2ClH/c1-11-7-16(23-20-11)19-17(21)13-3-4-15(22-2)14(9-13)8-12-5-6-18-10-12;;/h3-4,7,9,12,18H,5-6,8,10H2,1-2H3,(H,19,21);2*1H. The van der Waals surface area contributed by atoms with E-state index in [1.807, 2.05) is 25.1 Å². The molecule has 1 fully saturated rings. The summed E-state index contributed by atoms with van der Waals surface area (Å²) in [7, 11) is 1.67. The van der Waals surface area contributed by atoms with Crippen LogP contribution in [-0.2, 0) is 6.42 Å². The molecule has 0 radical (unpaired) electrons. The van der Waals surface area contributed by atoms with Gasteiger partial charge >= 0.3 is 0 Å². The highest BCUT2D eigenvalue weighted by Crippen LogP contribution is 2.26. The Balaban J connectivity index is 0.00000156. The zero-order valence-electron chi connectivity index (χ0n) is 14.2. The second-order valence-electron chi connectivity index (χ2n) is 5.88. The average Bonchev–Trinajstić information content (AvgIpc) is 3.19. The van der Waals surface area contributed by atoms with E-state index >= 15 is 0 Å². The van der Waals surface area contributed by atoms with Crippen molar-refractivity contribution in [3.05, 3.63) is 41.1 Å². The number of methoxy groups -OCH3 is 1. The minimum absolute atomic E-state index is 0. The van der Waals surface area contributed by atoms with Gasteiger partial charge in [-0.2, -0.15) is 4.37 Å². The maximum atomic E-state index is 12.4. The summed E-state index contributed by atoms with van der Waals surface area (Å²) in [5.74, 6) is 1.34. The summed E-state index contributed by atoms with van der Waals surface area (Å²) in [5, 5.41) is 7.05. The molecule has 1 atom stereocenters. The monoisotopic (exact) mass is 403 g/mol. The summed E-state index contributed by atoms with van der Waals surface area (Å²) in [4.78, 5) is 12.4. The molecule has 1 unspecified atom stereocenters. The van der Waals surface area contributed by atoms with E-state index in [0.717, 1.165) is 41.5 Å². The van der Waals surface area contributed by atoms with Crippen LogP contribution < -0.4 is 15.4 Å². The van der Waals surface area contributed by atoms with Gasteiger partial charge in [-0.1, -0.05) is 0 Å². The van der Waals surface area contributed by atoms with Crippen LogP contribution in [0.15, 0.2) is 24.3 Å². The molecule has 1 saturated heterocycles. The summed E-state index contributed by atoms with van der Waals surface area (Å²) in [6.07, 6.45) is 2.09. The highest BCUT2D eigenvalue weighted by atomic mass is 35.5. The van der Waals surface area contributed by atoms with Gasteiger partial charge in [0, 0.05) is 5.56 Å². The van der Waals surface area contributed by atoms with Gasteiger partial charge in [0.25, 0.3) is 5.91 Å². The first-order valence-corrected chi connectivity index (χ1v) is 8.55.